The van der Waals surface area contributed by atoms with E-state index in [1.165, 1.54) is 6.07 Å². The molecule has 0 unspecified atom stereocenters. The summed E-state index contributed by atoms with van der Waals surface area (Å²) >= 11 is 0. The Balaban J connectivity index is 4.15. The number of hydrogen-bond donors (Lipinski definition) is 0. The van der Waals surface area contributed by atoms with Gasteiger partial charge in [0.05, 0.1) is 0 Å². The molecule has 0 aliphatic carbocycles. The van der Waals surface area contributed by atoms with Gasteiger partial charge >= 0.3 is 18.3 Å². The Hall–Kier alpha value is -1.58. The number of carbonyl (C=O) groups is 1. The number of ether oxygens (including phenoxy) is 1. The van der Waals surface area contributed by atoms with E-state index < -0.39 is 30.5 Å². The van der Waals surface area contributed by atoms with Crippen LogP contribution in [0.3, 0.4) is 0 Å². The number of alkyl halides is 4. The topological polar surface area (TPSA) is 50.1 Å². The first-order chi connectivity index (χ1) is 6.31. The Bertz CT molecular complexity index is 282. The third-order valence-electron chi connectivity index (χ3n) is 1.10. The van der Waals surface area contributed by atoms with Gasteiger partial charge in [0.15, 0.2) is 6.61 Å². The molecule has 0 radical (unpaired) electrons. The van der Waals surface area contributed by atoms with Gasteiger partial charge in [0.2, 0.25) is 0 Å². The zero-order valence-corrected chi connectivity index (χ0v) is 6.77. The minimum Gasteiger partial charge on any atom is -0.455 e. The smallest absolute Gasteiger partial charge is 0.348 e. The van der Waals surface area contributed by atoms with E-state index in [-0.39, 0.29) is 0 Å². The van der Waals surface area contributed by atoms with Crippen molar-refractivity contribution in [3.63, 3.8) is 0 Å². The van der Waals surface area contributed by atoms with E-state index in [1.807, 2.05) is 0 Å². The number of rotatable bonds is 4. The lowest BCUT2D eigenvalue weighted by Gasteiger charge is -2.14. The highest BCUT2D eigenvalue weighted by Crippen LogP contribution is 2.23. The van der Waals surface area contributed by atoms with Crippen molar-refractivity contribution < 1.29 is 27.1 Å². The standard InChI is InChI=1S/C7H5F4NO2/c1-4(2-12)5(13)14-3-7(10,11)6(8)9/h6H,1,3H2. The maximum Gasteiger partial charge on any atom is 0.348 e. The molecule has 14 heavy (non-hydrogen) atoms. The maximum absolute atomic E-state index is 12.1. The van der Waals surface area contributed by atoms with E-state index in [2.05, 4.69) is 11.3 Å². The van der Waals surface area contributed by atoms with Crippen LogP contribution < -0.4 is 0 Å². The minimum absolute atomic E-state index is 0.727. The van der Waals surface area contributed by atoms with Gasteiger partial charge < -0.3 is 4.74 Å². The number of carbonyl (C=O) groups excluding carboxylic acids is 1. The van der Waals surface area contributed by atoms with Gasteiger partial charge in [0, 0.05) is 0 Å². The Kier molecular flexibility index (Phi) is 4.08. The molecule has 0 aromatic heterocycles. The summed E-state index contributed by atoms with van der Waals surface area (Å²) in [6, 6.07) is 1.23. The van der Waals surface area contributed by atoms with Crippen LogP contribution in [0.25, 0.3) is 0 Å². The fourth-order valence-electron chi connectivity index (χ4n) is 0.358. The van der Waals surface area contributed by atoms with Crippen LogP contribution in [0.2, 0.25) is 0 Å². The number of hydrogen-bond acceptors (Lipinski definition) is 3. The van der Waals surface area contributed by atoms with Crippen LogP contribution in [0.5, 0.6) is 0 Å². The zero-order valence-electron chi connectivity index (χ0n) is 6.77. The fourth-order valence-corrected chi connectivity index (χ4v) is 0.358. The van der Waals surface area contributed by atoms with E-state index in [0.29, 0.717) is 0 Å². The molecule has 3 nitrogen and oxygen atoms in total. The van der Waals surface area contributed by atoms with E-state index in [4.69, 9.17) is 5.26 Å². The van der Waals surface area contributed by atoms with Crippen molar-refractivity contribution in [2.24, 2.45) is 0 Å². The van der Waals surface area contributed by atoms with E-state index in [0.717, 1.165) is 0 Å². The van der Waals surface area contributed by atoms with Crippen LogP contribution in [-0.2, 0) is 9.53 Å². The summed E-state index contributed by atoms with van der Waals surface area (Å²) in [5, 5.41) is 8.06. The van der Waals surface area contributed by atoms with Gasteiger partial charge in [-0.15, -0.1) is 0 Å². The molecule has 0 N–H and O–H groups in total. The molecule has 0 aromatic rings. The minimum atomic E-state index is -4.41. The third kappa shape index (κ3) is 3.43. The van der Waals surface area contributed by atoms with Gasteiger partial charge in [-0.05, 0) is 0 Å². The zero-order chi connectivity index (χ0) is 11.4. The van der Waals surface area contributed by atoms with Crippen molar-refractivity contribution in [2.45, 2.75) is 12.3 Å². The number of nitrogens with zero attached hydrogens (tertiary/aromatic N) is 1. The summed E-state index contributed by atoms with van der Waals surface area (Å²) in [5.74, 6) is -5.85. The van der Waals surface area contributed by atoms with Gasteiger partial charge in [-0.3, -0.25) is 0 Å². The largest absolute Gasteiger partial charge is 0.455 e. The second kappa shape index (κ2) is 4.60. The van der Waals surface area contributed by atoms with Crippen LogP contribution in [-0.4, -0.2) is 24.9 Å². The first kappa shape index (κ1) is 12.4. The van der Waals surface area contributed by atoms with Crippen LogP contribution in [0.4, 0.5) is 17.6 Å². The maximum atomic E-state index is 12.1. The first-order valence-corrected chi connectivity index (χ1v) is 3.23. The number of halogens is 4. The lowest BCUT2D eigenvalue weighted by atomic mass is 10.3. The molecule has 0 bridgehead atoms. The molecule has 0 aliphatic rings. The highest BCUT2D eigenvalue weighted by Gasteiger charge is 2.42. The van der Waals surface area contributed by atoms with Gasteiger partial charge in [-0.1, -0.05) is 6.58 Å². The van der Waals surface area contributed by atoms with E-state index >= 15 is 0 Å². The summed E-state index contributed by atoms with van der Waals surface area (Å²) in [6.07, 6.45) is -3.93. The van der Waals surface area contributed by atoms with Crippen molar-refractivity contribution >= 4 is 5.97 Å². The summed E-state index contributed by atoms with van der Waals surface area (Å²) in [7, 11) is 0. The summed E-state index contributed by atoms with van der Waals surface area (Å²) in [5.41, 5.74) is -0.727. The van der Waals surface area contributed by atoms with Crippen LogP contribution in [0.15, 0.2) is 12.2 Å². The second-order valence-electron chi connectivity index (χ2n) is 2.23. The molecule has 0 saturated heterocycles. The molecule has 0 fully saturated rings. The van der Waals surface area contributed by atoms with Crippen LogP contribution in [0, 0.1) is 11.3 Å². The number of esters is 1. The summed E-state index contributed by atoms with van der Waals surface area (Å²) < 4.78 is 51.0. The summed E-state index contributed by atoms with van der Waals surface area (Å²) in [6.45, 7) is 1.08. The average molecular weight is 211 g/mol. The van der Waals surface area contributed by atoms with Crippen molar-refractivity contribution in [2.75, 3.05) is 6.61 Å². The Morgan fingerprint density at radius 2 is 2.07 bits per heavy atom. The van der Waals surface area contributed by atoms with E-state index in [1.54, 1.807) is 0 Å². The van der Waals surface area contributed by atoms with Crippen molar-refractivity contribution in [1.29, 1.82) is 5.26 Å². The third-order valence-corrected chi connectivity index (χ3v) is 1.10. The SMILES string of the molecule is C=C(C#N)C(=O)OCC(F)(F)C(F)F. The highest BCUT2D eigenvalue weighted by molar-refractivity contribution is 5.91. The van der Waals surface area contributed by atoms with Crippen LogP contribution in [0.1, 0.15) is 0 Å². The molecule has 7 heteroatoms. The molecule has 0 aromatic carbocycles. The monoisotopic (exact) mass is 211 g/mol. The molecule has 0 heterocycles. The normalized spacial score (nSPS) is 10.9. The second-order valence-corrected chi connectivity index (χ2v) is 2.23. The van der Waals surface area contributed by atoms with Crippen LogP contribution >= 0.6 is 0 Å². The molecular formula is C7H5F4NO2. The van der Waals surface area contributed by atoms with Crippen molar-refractivity contribution in [1.82, 2.24) is 0 Å². The fraction of sp³-hybridized carbons (Fsp3) is 0.429. The lowest BCUT2D eigenvalue weighted by Crippen LogP contribution is -2.33. The molecule has 0 spiro atoms. The average Bonchev–Trinajstić information content (AvgIpc) is 2.12. The molecule has 0 rings (SSSR count). The van der Waals surface area contributed by atoms with Gasteiger partial charge in [0.1, 0.15) is 11.6 Å². The van der Waals surface area contributed by atoms with Gasteiger partial charge in [0.25, 0.3) is 0 Å². The predicted molar refractivity (Wildman–Crippen MR) is 36.7 cm³/mol. The molecule has 0 atom stereocenters. The quantitative estimate of drug-likeness (QED) is 0.306. The Morgan fingerprint density at radius 1 is 1.57 bits per heavy atom. The molecule has 78 valence electrons. The molecular weight excluding hydrogens is 206 g/mol. The van der Waals surface area contributed by atoms with Crippen molar-refractivity contribution in [3.8, 4) is 6.07 Å². The van der Waals surface area contributed by atoms with Gasteiger partial charge in [-0.2, -0.15) is 14.0 Å². The Labute approximate surface area is 76.6 Å². The van der Waals surface area contributed by atoms with E-state index in [9.17, 15) is 22.4 Å². The molecule has 0 aliphatic heterocycles. The first-order valence-electron chi connectivity index (χ1n) is 3.23. The summed E-state index contributed by atoms with van der Waals surface area (Å²) in [4.78, 5) is 10.5. The van der Waals surface area contributed by atoms with Crippen molar-refractivity contribution in [3.05, 3.63) is 12.2 Å². The predicted octanol–water partition coefficient (Wildman–Crippen LogP) is 1.51. The number of nitriles is 1. The van der Waals surface area contributed by atoms with Gasteiger partial charge in [-0.25, -0.2) is 13.6 Å². The lowest BCUT2D eigenvalue weighted by molar-refractivity contribution is -0.176. The Morgan fingerprint density at radius 3 is 2.43 bits per heavy atom. The molecule has 0 amide bonds. The molecule has 0 saturated carbocycles. The highest BCUT2D eigenvalue weighted by atomic mass is 19.3.